The number of rotatable bonds is 3. The molecule has 0 radical (unpaired) electrons. The van der Waals surface area contributed by atoms with Crippen LogP contribution in [0.4, 0.5) is 5.69 Å². The van der Waals surface area contributed by atoms with Gasteiger partial charge in [-0.15, -0.1) is 0 Å². The maximum Gasteiger partial charge on any atom is 0.0470 e. The van der Waals surface area contributed by atoms with Crippen LogP contribution in [0.3, 0.4) is 0 Å². The van der Waals surface area contributed by atoms with Crippen LogP contribution in [0.15, 0.2) is 60.9 Å². The van der Waals surface area contributed by atoms with E-state index in [9.17, 15) is 0 Å². The summed E-state index contributed by atoms with van der Waals surface area (Å²) in [6.45, 7) is 2.31. The minimum Gasteiger partial charge on any atom is -0.371 e. The molecule has 0 aliphatic carbocycles. The van der Waals surface area contributed by atoms with Gasteiger partial charge in [-0.25, -0.2) is 0 Å². The third-order valence-electron chi connectivity index (χ3n) is 4.75. The lowest BCUT2D eigenvalue weighted by Crippen LogP contribution is -2.29. The Labute approximate surface area is 143 Å². The molecule has 1 aromatic heterocycles. The topological polar surface area (TPSA) is 16.1 Å². The Bertz CT molecular complexity index is 860. The molecule has 1 aliphatic rings. The van der Waals surface area contributed by atoms with Crippen LogP contribution in [0.1, 0.15) is 30.4 Å². The molecular formula is C22H22N2. The smallest absolute Gasteiger partial charge is 0.0470 e. The highest BCUT2D eigenvalue weighted by Crippen LogP contribution is 2.25. The third-order valence-corrected chi connectivity index (χ3v) is 4.75. The van der Waals surface area contributed by atoms with Crippen LogP contribution in [-0.4, -0.2) is 18.1 Å². The number of hydrogen-bond acceptors (Lipinski definition) is 2. The van der Waals surface area contributed by atoms with E-state index in [1.165, 1.54) is 46.8 Å². The van der Waals surface area contributed by atoms with Crippen molar-refractivity contribution in [2.75, 3.05) is 18.0 Å². The van der Waals surface area contributed by atoms with Crippen molar-refractivity contribution < 1.29 is 0 Å². The van der Waals surface area contributed by atoms with Crippen molar-refractivity contribution in [2.45, 2.75) is 19.3 Å². The van der Waals surface area contributed by atoms with Gasteiger partial charge in [0.1, 0.15) is 0 Å². The van der Waals surface area contributed by atoms with Crippen LogP contribution >= 0.6 is 0 Å². The molecule has 0 spiro atoms. The SMILES string of the molecule is C(=C\c1cnccc1N1CCCCC1)/c1ccc2ccccc2c1. The van der Waals surface area contributed by atoms with Gasteiger partial charge in [-0.2, -0.15) is 0 Å². The van der Waals surface area contributed by atoms with Gasteiger partial charge in [0.2, 0.25) is 0 Å². The van der Waals surface area contributed by atoms with Crippen LogP contribution < -0.4 is 4.90 Å². The van der Waals surface area contributed by atoms with Crippen molar-refractivity contribution in [3.8, 4) is 0 Å². The van der Waals surface area contributed by atoms with Crippen LogP contribution in [0.2, 0.25) is 0 Å². The fourth-order valence-corrected chi connectivity index (χ4v) is 3.45. The van der Waals surface area contributed by atoms with Crippen LogP contribution in [-0.2, 0) is 0 Å². The van der Waals surface area contributed by atoms with Gasteiger partial charge in [-0.1, -0.05) is 48.6 Å². The minimum absolute atomic E-state index is 1.15. The molecule has 4 rings (SSSR count). The first-order valence-electron chi connectivity index (χ1n) is 8.76. The summed E-state index contributed by atoms with van der Waals surface area (Å²) < 4.78 is 0. The molecule has 0 atom stereocenters. The van der Waals surface area contributed by atoms with E-state index >= 15 is 0 Å². The molecule has 1 fully saturated rings. The van der Waals surface area contributed by atoms with Crippen LogP contribution in [0.25, 0.3) is 22.9 Å². The molecular weight excluding hydrogens is 292 g/mol. The Morgan fingerprint density at radius 3 is 2.54 bits per heavy atom. The molecule has 0 bridgehead atoms. The average Bonchev–Trinajstić information content (AvgIpc) is 2.67. The highest BCUT2D eigenvalue weighted by Gasteiger charge is 2.13. The second kappa shape index (κ2) is 6.88. The van der Waals surface area contributed by atoms with Gasteiger partial charge in [-0.3, -0.25) is 4.98 Å². The van der Waals surface area contributed by atoms with Gasteiger partial charge in [0, 0.05) is 36.7 Å². The molecule has 1 aliphatic heterocycles. The lowest BCUT2D eigenvalue weighted by atomic mass is 10.1. The predicted molar refractivity (Wildman–Crippen MR) is 103 cm³/mol. The Morgan fingerprint density at radius 2 is 1.67 bits per heavy atom. The van der Waals surface area contributed by atoms with Crippen molar-refractivity contribution in [3.05, 3.63) is 72.1 Å². The summed E-state index contributed by atoms with van der Waals surface area (Å²) in [7, 11) is 0. The van der Waals surface area contributed by atoms with Gasteiger partial charge < -0.3 is 4.90 Å². The van der Waals surface area contributed by atoms with E-state index in [2.05, 4.69) is 70.6 Å². The summed E-state index contributed by atoms with van der Waals surface area (Å²) in [6, 6.07) is 17.2. The lowest BCUT2D eigenvalue weighted by Gasteiger charge is -2.29. The van der Waals surface area contributed by atoms with Crippen LogP contribution in [0.5, 0.6) is 0 Å². The number of pyridine rings is 1. The van der Waals surface area contributed by atoms with Crippen molar-refractivity contribution in [3.63, 3.8) is 0 Å². The molecule has 0 amide bonds. The number of piperidine rings is 1. The van der Waals surface area contributed by atoms with Crippen molar-refractivity contribution in [2.24, 2.45) is 0 Å². The second-order valence-corrected chi connectivity index (χ2v) is 6.42. The summed E-state index contributed by atoms with van der Waals surface area (Å²) >= 11 is 0. The summed E-state index contributed by atoms with van der Waals surface area (Å²) in [4.78, 5) is 6.82. The van der Waals surface area contributed by atoms with E-state index in [1.807, 2.05) is 12.4 Å². The van der Waals surface area contributed by atoms with E-state index in [1.54, 1.807) is 0 Å². The lowest BCUT2D eigenvalue weighted by molar-refractivity contribution is 0.577. The second-order valence-electron chi connectivity index (χ2n) is 6.42. The van der Waals surface area contributed by atoms with Gasteiger partial charge in [0.25, 0.3) is 0 Å². The Kier molecular flexibility index (Phi) is 4.28. The van der Waals surface area contributed by atoms with Gasteiger partial charge in [-0.05, 0) is 47.7 Å². The molecule has 2 heteroatoms. The van der Waals surface area contributed by atoms with E-state index < -0.39 is 0 Å². The molecule has 1 saturated heterocycles. The molecule has 2 nitrogen and oxygen atoms in total. The number of hydrogen-bond donors (Lipinski definition) is 0. The molecule has 2 aromatic carbocycles. The largest absolute Gasteiger partial charge is 0.371 e. The fourth-order valence-electron chi connectivity index (χ4n) is 3.45. The fraction of sp³-hybridized carbons (Fsp3) is 0.227. The standard InChI is InChI=1S/C22H22N2/c1-4-14-24(15-5-1)22-12-13-23-17-21(22)11-9-18-8-10-19-6-2-3-7-20(19)16-18/h2-3,6-13,16-17H,1,4-5,14-15H2/b11-9+. The maximum atomic E-state index is 4.32. The van der Waals surface area contributed by atoms with Gasteiger partial charge in [0.15, 0.2) is 0 Å². The molecule has 0 N–H and O–H groups in total. The van der Waals surface area contributed by atoms with Crippen molar-refractivity contribution in [1.29, 1.82) is 0 Å². The summed E-state index contributed by atoms with van der Waals surface area (Å²) in [6.07, 6.45) is 12.2. The van der Waals surface area contributed by atoms with E-state index in [0.717, 1.165) is 13.1 Å². The number of aromatic nitrogens is 1. The summed E-state index contributed by atoms with van der Waals surface area (Å²) in [5.74, 6) is 0. The quantitative estimate of drug-likeness (QED) is 0.644. The van der Waals surface area contributed by atoms with E-state index in [-0.39, 0.29) is 0 Å². The average molecular weight is 314 g/mol. The maximum absolute atomic E-state index is 4.32. The summed E-state index contributed by atoms with van der Waals surface area (Å²) in [5, 5.41) is 2.56. The zero-order valence-electron chi connectivity index (χ0n) is 13.9. The van der Waals surface area contributed by atoms with Crippen molar-refractivity contribution >= 4 is 28.6 Å². The molecule has 24 heavy (non-hydrogen) atoms. The third kappa shape index (κ3) is 3.18. The Hall–Kier alpha value is -2.61. The Morgan fingerprint density at radius 1 is 0.833 bits per heavy atom. The van der Waals surface area contributed by atoms with E-state index in [0.29, 0.717) is 0 Å². The molecule has 3 aromatic rings. The minimum atomic E-state index is 1.15. The highest BCUT2D eigenvalue weighted by molar-refractivity contribution is 5.86. The first-order valence-corrected chi connectivity index (χ1v) is 8.76. The number of fused-ring (bicyclic) bond motifs is 1. The first kappa shape index (κ1) is 14.9. The first-order chi connectivity index (χ1) is 11.9. The highest BCUT2D eigenvalue weighted by atomic mass is 15.1. The zero-order valence-corrected chi connectivity index (χ0v) is 13.9. The van der Waals surface area contributed by atoms with Gasteiger partial charge >= 0.3 is 0 Å². The normalized spacial score (nSPS) is 15.2. The predicted octanol–water partition coefficient (Wildman–Crippen LogP) is 5.40. The molecule has 0 unspecified atom stereocenters. The number of nitrogens with zero attached hydrogens (tertiary/aromatic N) is 2. The summed E-state index contributed by atoms with van der Waals surface area (Å²) in [5.41, 5.74) is 3.73. The Balaban J connectivity index is 1.63. The molecule has 120 valence electrons. The monoisotopic (exact) mass is 314 g/mol. The molecule has 0 saturated carbocycles. The number of anilines is 1. The number of benzene rings is 2. The van der Waals surface area contributed by atoms with Crippen molar-refractivity contribution in [1.82, 2.24) is 4.98 Å². The molecule has 2 heterocycles. The van der Waals surface area contributed by atoms with E-state index in [4.69, 9.17) is 0 Å². The zero-order chi connectivity index (χ0) is 16.2. The van der Waals surface area contributed by atoms with Gasteiger partial charge in [0.05, 0.1) is 0 Å². The van der Waals surface area contributed by atoms with Crippen LogP contribution in [0, 0.1) is 0 Å².